The summed E-state index contributed by atoms with van der Waals surface area (Å²) in [6, 6.07) is 33.8. The van der Waals surface area contributed by atoms with E-state index in [4.69, 9.17) is 9.72 Å². The molecule has 0 radical (unpaired) electrons. The van der Waals surface area contributed by atoms with Crippen molar-refractivity contribution in [3.05, 3.63) is 114 Å². The molecule has 0 fully saturated rings. The van der Waals surface area contributed by atoms with E-state index in [1.165, 1.54) is 11.8 Å². The number of fused-ring (bicyclic) bond motifs is 1. The minimum absolute atomic E-state index is 0.545. The average Bonchev–Trinajstić information content (AvgIpc) is 2.92. The third-order valence-corrected chi connectivity index (χ3v) is 6.88. The lowest BCUT2D eigenvalue weighted by Crippen LogP contribution is -2.12. The Kier molecular flexibility index (Phi) is 6.93. The summed E-state index contributed by atoms with van der Waals surface area (Å²) in [5.41, 5.74) is 6.90. The molecule has 0 atom stereocenters. The Balaban J connectivity index is 1.67. The number of ether oxygens (including phenoxy) is 1. The first-order valence-corrected chi connectivity index (χ1v) is 14.0. The largest absolute Gasteiger partial charge is 0.497 e. The second kappa shape index (κ2) is 10.4. The topological polar surface area (TPSA) is 68.3 Å². The molecule has 186 valence electrons. The second-order valence-corrected chi connectivity index (χ2v) is 10.8. The van der Waals surface area contributed by atoms with E-state index in [1.807, 2.05) is 78.9 Å². The maximum atomic E-state index is 12.6. The molecule has 6 heteroatoms. The molecule has 0 aliphatic carbocycles. The first kappa shape index (κ1) is 24.5. The van der Waals surface area contributed by atoms with Gasteiger partial charge in [0.2, 0.25) is 10.0 Å². The number of pyridine rings is 1. The summed E-state index contributed by atoms with van der Waals surface area (Å²) in [4.78, 5) is 5.04. The summed E-state index contributed by atoms with van der Waals surface area (Å²) in [6.07, 6.45) is 2.84. The smallest absolute Gasteiger partial charge is 0.229 e. The highest BCUT2D eigenvalue weighted by atomic mass is 32.2. The van der Waals surface area contributed by atoms with Crippen molar-refractivity contribution in [1.29, 1.82) is 0 Å². The summed E-state index contributed by atoms with van der Waals surface area (Å²) in [5.74, 6) is 0.833. The van der Waals surface area contributed by atoms with Crippen LogP contribution in [0.15, 0.2) is 103 Å². The van der Waals surface area contributed by atoms with Gasteiger partial charge in [0.1, 0.15) is 5.75 Å². The van der Waals surface area contributed by atoms with Gasteiger partial charge in [-0.05, 0) is 53.8 Å². The summed E-state index contributed by atoms with van der Waals surface area (Å²) in [7, 11) is -1.90. The molecular formula is C31H28N2O3S. The van der Waals surface area contributed by atoms with Gasteiger partial charge in [0.15, 0.2) is 0 Å². The molecule has 0 amide bonds. The molecule has 1 heterocycles. The van der Waals surface area contributed by atoms with Crippen molar-refractivity contribution in [2.45, 2.75) is 12.8 Å². The van der Waals surface area contributed by atoms with Crippen LogP contribution in [-0.4, -0.2) is 26.8 Å². The number of nitrogens with zero attached hydrogens (tertiary/aromatic N) is 1. The van der Waals surface area contributed by atoms with Crippen LogP contribution in [0, 0.1) is 0 Å². The molecule has 0 aliphatic rings. The Labute approximate surface area is 217 Å². The third-order valence-electron chi connectivity index (χ3n) is 6.31. The summed E-state index contributed by atoms with van der Waals surface area (Å²) in [6.45, 7) is 0. The van der Waals surface area contributed by atoms with Crippen LogP contribution in [0.3, 0.4) is 0 Å². The number of aryl methyl sites for hydroxylation is 2. The van der Waals surface area contributed by atoms with Gasteiger partial charge in [0.25, 0.3) is 0 Å². The number of rotatable bonds is 8. The summed E-state index contributed by atoms with van der Waals surface area (Å²) in [5, 5.41) is 0.774. The molecule has 0 bridgehead atoms. The minimum Gasteiger partial charge on any atom is -0.497 e. The van der Waals surface area contributed by atoms with Crippen LogP contribution < -0.4 is 9.46 Å². The fourth-order valence-electron chi connectivity index (χ4n) is 4.53. The standard InChI is InChI=1S/C31H28N2O3S/c1-36-26-18-15-22(16-19-26)13-14-23-17-20-28-27(21-23)31(33-37(2,34)35)29(24-9-5-3-6-10-24)30(32-28)25-11-7-4-8-12-25/h3-12,15-21H,13-14H2,1-2H3,(H,32,33). The van der Waals surface area contributed by atoms with Gasteiger partial charge in [-0.3, -0.25) is 4.72 Å². The highest BCUT2D eigenvalue weighted by molar-refractivity contribution is 7.92. The Hall–Kier alpha value is -4.16. The van der Waals surface area contributed by atoms with Crippen molar-refractivity contribution in [3.63, 3.8) is 0 Å². The van der Waals surface area contributed by atoms with Crippen LogP contribution >= 0.6 is 0 Å². The van der Waals surface area contributed by atoms with Crippen molar-refractivity contribution in [2.75, 3.05) is 18.1 Å². The monoisotopic (exact) mass is 508 g/mol. The molecule has 0 spiro atoms. The van der Waals surface area contributed by atoms with E-state index in [9.17, 15) is 8.42 Å². The highest BCUT2D eigenvalue weighted by Crippen LogP contribution is 2.41. The Morgan fingerprint density at radius 1 is 0.757 bits per heavy atom. The van der Waals surface area contributed by atoms with Crippen LogP contribution in [0.25, 0.3) is 33.3 Å². The minimum atomic E-state index is -3.56. The van der Waals surface area contributed by atoms with Crippen molar-refractivity contribution >= 4 is 26.6 Å². The normalized spacial score (nSPS) is 11.4. The molecule has 5 nitrogen and oxygen atoms in total. The lowest BCUT2D eigenvalue weighted by Gasteiger charge is -2.19. The van der Waals surface area contributed by atoms with Crippen LogP contribution in [0.2, 0.25) is 0 Å². The number of nitrogens with one attached hydrogen (secondary N) is 1. The average molecular weight is 509 g/mol. The van der Waals surface area contributed by atoms with Gasteiger partial charge in [-0.15, -0.1) is 0 Å². The number of anilines is 1. The number of sulfonamides is 1. The maximum absolute atomic E-state index is 12.6. The summed E-state index contributed by atoms with van der Waals surface area (Å²) >= 11 is 0. The van der Waals surface area contributed by atoms with Crippen molar-refractivity contribution in [2.24, 2.45) is 0 Å². The van der Waals surface area contributed by atoms with E-state index in [1.54, 1.807) is 7.11 Å². The number of aromatic nitrogens is 1. The van der Waals surface area contributed by atoms with Gasteiger partial charge in [-0.2, -0.15) is 0 Å². The van der Waals surface area contributed by atoms with Crippen LogP contribution in [0.1, 0.15) is 11.1 Å². The number of methoxy groups -OCH3 is 1. The SMILES string of the molecule is COc1ccc(CCc2ccc3nc(-c4ccccc4)c(-c4ccccc4)c(NS(C)(=O)=O)c3c2)cc1. The molecular weight excluding hydrogens is 480 g/mol. The van der Waals surface area contributed by atoms with Gasteiger partial charge in [0, 0.05) is 16.5 Å². The molecule has 1 aromatic heterocycles. The van der Waals surface area contributed by atoms with Crippen molar-refractivity contribution in [1.82, 2.24) is 4.98 Å². The van der Waals surface area contributed by atoms with Crippen molar-refractivity contribution < 1.29 is 13.2 Å². The summed E-state index contributed by atoms with van der Waals surface area (Å²) < 4.78 is 33.3. The molecule has 0 saturated heterocycles. The van der Waals surface area contributed by atoms with Gasteiger partial charge in [-0.1, -0.05) is 78.9 Å². The van der Waals surface area contributed by atoms with Crippen LogP contribution in [0.5, 0.6) is 5.75 Å². The molecule has 1 N–H and O–H groups in total. The Morgan fingerprint density at radius 2 is 1.35 bits per heavy atom. The number of benzene rings is 4. The lowest BCUT2D eigenvalue weighted by molar-refractivity contribution is 0.414. The molecule has 0 aliphatic heterocycles. The lowest BCUT2D eigenvalue weighted by atomic mass is 9.94. The van der Waals surface area contributed by atoms with Crippen molar-refractivity contribution in [3.8, 4) is 28.1 Å². The first-order chi connectivity index (χ1) is 17.9. The maximum Gasteiger partial charge on any atom is 0.229 e. The van der Waals surface area contributed by atoms with E-state index in [-0.39, 0.29) is 0 Å². The molecule has 4 aromatic carbocycles. The van der Waals surface area contributed by atoms with E-state index in [2.05, 4.69) is 29.0 Å². The second-order valence-electron chi connectivity index (χ2n) is 9.02. The molecule has 5 rings (SSSR count). The zero-order valence-electron chi connectivity index (χ0n) is 20.8. The van der Waals surface area contributed by atoms with Crippen LogP contribution in [-0.2, 0) is 22.9 Å². The molecule has 0 unspecified atom stereocenters. The molecule has 37 heavy (non-hydrogen) atoms. The van der Waals surface area contributed by atoms with E-state index >= 15 is 0 Å². The van der Waals surface area contributed by atoms with Crippen LogP contribution in [0.4, 0.5) is 5.69 Å². The zero-order valence-corrected chi connectivity index (χ0v) is 21.6. The van der Waals surface area contributed by atoms with Gasteiger partial charge >= 0.3 is 0 Å². The predicted octanol–water partition coefficient (Wildman–Crippen LogP) is 6.73. The van der Waals surface area contributed by atoms with E-state index in [0.29, 0.717) is 5.69 Å². The Bertz CT molecular complexity index is 1630. The fraction of sp³-hybridized carbons (Fsp3) is 0.129. The van der Waals surface area contributed by atoms with E-state index < -0.39 is 10.0 Å². The molecule has 0 saturated carbocycles. The predicted molar refractivity (Wildman–Crippen MR) is 151 cm³/mol. The highest BCUT2D eigenvalue weighted by Gasteiger charge is 2.20. The van der Waals surface area contributed by atoms with Gasteiger partial charge in [0.05, 0.1) is 30.3 Å². The molecule has 5 aromatic rings. The quantitative estimate of drug-likeness (QED) is 0.252. The van der Waals surface area contributed by atoms with Gasteiger partial charge < -0.3 is 4.74 Å². The number of hydrogen-bond acceptors (Lipinski definition) is 4. The zero-order chi connectivity index (χ0) is 25.8. The fourth-order valence-corrected chi connectivity index (χ4v) is 5.11. The Morgan fingerprint density at radius 3 is 1.97 bits per heavy atom. The first-order valence-electron chi connectivity index (χ1n) is 12.1. The third kappa shape index (κ3) is 5.65. The number of hydrogen-bond donors (Lipinski definition) is 1. The van der Waals surface area contributed by atoms with Gasteiger partial charge in [-0.25, -0.2) is 13.4 Å². The van der Waals surface area contributed by atoms with E-state index in [0.717, 1.165) is 57.4 Å².